The molecule has 0 unspecified atom stereocenters. The lowest BCUT2D eigenvalue weighted by Crippen LogP contribution is -2.31. The molecule has 0 radical (unpaired) electrons. The maximum absolute atomic E-state index is 11.7. The maximum atomic E-state index is 11.7. The largest absolute Gasteiger partial charge is 0.488 e. The summed E-state index contributed by atoms with van der Waals surface area (Å²) in [6.45, 7) is 5.09. The molecule has 7 heteroatoms. The minimum atomic E-state index is -3.86. The molecule has 0 aromatic heterocycles. The van der Waals surface area contributed by atoms with Crippen molar-refractivity contribution in [3.05, 3.63) is 5.53 Å². The lowest BCUT2D eigenvalue weighted by Gasteiger charge is -2.04. The first-order chi connectivity index (χ1) is 7.85. The molecular weight excluding hydrogens is 244 g/mol. The highest BCUT2D eigenvalue weighted by Crippen LogP contribution is 2.03. The minimum absolute atomic E-state index is 0.215. The molecule has 6 nitrogen and oxygen atoms in total. The van der Waals surface area contributed by atoms with Crippen LogP contribution in [0.2, 0.25) is 0 Å². The Morgan fingerprint density at radius 3 is 2.35 bits per heavy atom. The molecule has 0 aliphatic carbocycles. The zero-order chi connectivity index (χ0) is 13.5. The zero-order valence-electron chi connectivity index (χ0n) is 10.3. The molecule has 0 fully saturated rings. The molecule has 17 heavy (non-hydrogen) atoms. The summed E-state index contributed by atoms with van der Waals surface area (Å²) in [6.07, 6.45) is 1.55. The Balaban J connectivity index is 4.77. The molecule has 0 saturated carbocycles. The van der Waals surface area contributed by atoms with Crippen molar-refractivity contribution in [1.82, 2.24) is 0 Å². The van der Waals surface area contributed by atoms with Gasteiger partial charge in [-0.1, -0.05) is 19.8 Å². The molecule has 98 valence electrons. The van der Waals surface area contributed by atoms with Crippen molar-refractivity contribution in [3.63, 3.8) is 0 Å². The van der Waals surface area contributed by atoms with Gasteiger partial charge < -0.3 is 10.3 Å². The second kappa shape index (κ2) is 7.19. The van der Waals surface area contributed by atoms with Gasteiger partial charge in [-0.3, -0.25) is 0 Å². The van der Waals surface area contributed by atoms with E-state index in [4.69, 9.17) is 5.53 Å². The maximum Gasteiger partial charge on any atom is 0.488 e. The fraction of sp³-hybridized carbons (Fsp3) is 0.800. The number of carbonyl (C=O) groups excluding carboxylic acids is 1. The normalized spacial score (nSPS) is 11.1. The summed E-state index contributed by atoms with van der Waals surface area (Å²) in [4.78, 5) is 13.9. The summed E-state index contributed by atoms with van der Waals surface area (Å²) in [6, 6.07) is 0. The first kappa shape index (κ1) is 15.8. The molecule has 0 bridgehead atoms. The molecule has 0 saturated heterocycles. The van der Waals surface area contributed by atoms with E-state index in [1.165, 1.54) is 0 Å². The van der Waals surface area contributed by atoms with Gasteiger partial charge in [0.2, 0.25) is 0 Å². The summed E-state index contributed by atoms with van der Waals surface area (Å²) in [7, 11) is -3.86. The first-order valence-electron chi connectivity index (χ1n) is 5.51. The summed E-state index contributed by atoms with van der Waals surface area (Å²) in [5, 5.41) is -0.915. The topological polar surface area (TPSA) is 96.8 Å². The van der Waals surface area contributed by atoms with Crippen molar-refractivity contribution >= 4 is 20.9 Å². The Bertz CT molecular complexity index is 408. The highest BCUT2D eigenvalue weighted by Gasteiger charge is 2.37. The molecule has 0 aliphatic heterocycles. The highest BCUT2D eigenvalue weighted by molar-refractivity contribution is 8.07. The summed E-state index contributed by atoms with van der Waals surface area (Å²) in [5.41, 5.74) is 8.61. The third-order valence-electron chi connectivity index (χ3n) is 1.92. The van der Waals surface area contributed by atoms with E-state index < -0.39 is 27.0 Å². The first-order valence-corrected chi connectivity index (χ1v) is 7.16. The summed E-state index contributed by atoms with van der Waals surface area (Å²) >= 11 is 0. The standard InChI is InChI=1S/C10H18N2O4S/c1-4-5-6-7-17(14,15)9(12-11)10(13)16-8(2)3/h8H,4-7H2,1-3H3. The number of unbranched alkanes of at least 4 members (excludes halogenated alkanes) is 2. The molecule has 0 heterocycles. The van der Waals surface area contributed by atoms with Gasteiger partial charge in [-0.2, -0.15) is 0 Å². The fourth-order valence-corrected chi connectivity index (χ4v) is 2.34. The van der Waals surface area contributed by atoms with Crippen LogP contribution in [0.25, 0.3) is 5.53 Å². The van der Waals surface area contributed by atoms with Crippen LogP contribution in [0.5, 0.6) is 0 Å². The fourth-order valence-electron chi connectivity index (χ4n) is 1.13. The average molecular weight is 262 g/mol. The monoisotopic (exact) mass is 262 g/mol. The predicted molar refractivity (Wildman–Crippen MR) is 63.2 cm³/mol. The van der Waals surface area contributed by atoms with Crippen LogP contribution >= 0.6 is 0 Å². The Morgan fingerprint density at radius 2 is 1.94 bits per heavy atom. The average Bonchev–Trinajstić information content (AvgIpc) is 2.16. The van der Waals surface area contributed by atoms with E-state index >= 15 is 0 Å². The van der Waals surface area contributed by atoms with E-state index in [9.17, 15) is 13.2 Å². The number of nitrogens with zero attached hydrogens (tertiary/aromatic N) is 2. The Morgan fingerprint density at radius 1 is 1.35 bits per heavy atom. The molecule has 0 atom stereocenters. The minimum Gasteiger partial charge on any atom is -0.454 e. The van der Waals surface area contributed by atoms with Crippen LogP contribution in [0.1, 0.15) is 40.0 Å². The second-order valence-electron chi connectivity index (χ2n) is 3.89. The van der Waals surface area contributed by atoms with Crippen LogP contribution in [0, 0.1) is 0 Å². The van der Waals surface area contributed by atoms with Gasteiger partial charge >= 0.3 is 11.0 Å². The van der Waals surface area contributed by atoms with Crippen molar-refractivity contribution in [3.8, 4) is 0 Å². The van der Waals surface area contributed by atoms with Crippen LogP contribution in [0.3, 0.4) is 0 Å². The van der Waals surface area contributed by atoms with Gasteiger partial charge in [0, 0.05) is 0 Å². The molecule has 0 aromatic rings. The Kier molecular flexibility index (Phi) is 6.68. The number of ether oxygens (including phenoxy) is 1. The van der Waals surface area contributed by atoms with Crippen molar-refractivity contribution in [2.75, 3.05) is 5.75 Å². The second-order valence-corrected chi connectivity index (χ2v) is 5.91. The van der Waals surface area contributed by atoms with Crippen LogP contribution < -0.4 is 0 Å². The van der Waals surface area contributed by atoms with Gasteiger partial charge in [0.05, 0.1) is 11.9 Å². The number of sulfone groups is 1. The lowest BCUT2D eigenvalue weighted by molar-refractivity contribution is -0.142. The smallest absolute Gasteiger partial charge is 0.454 e. The van der Waals surface area contributed by atoms with Crippen LogP contribution in [0.4, 0.5) is 0 Å². The number of carbonyl (C=O) groups is 1. The van der Waals surface area contributed by atoms with E-state index in [-0.39, 0.29) is 5.75 Å². The Labute approximate surface area is 102 Å². The molecular formula is C10H18N2O4S. The molecule has 0 amide bonds. The van der Waals surface area contributed by atoms with E-state index in [0.29, 0.717) is 6.42 Å². The quantitative estimate of drug-likeness (QED) is 0.185. The van der Waals surface area contributed by atoms with Crippen LogP contribution in [0.15, 0.2) is 0 Å². The Hall–Kier alpha value is -1.20. The van der Waals surface area contributed by atoms with Crippen molar-refractivity contribution < 1.29 is 22.7 Å². The lowest BCUT2D eigenvalue weighted by atomic mass is 10.3. The number of hydrogen-bond acceptors (Lipinski definition) is 4. The van der Waals surface area contributed by atoms with Crippen molar-refractivity contribution in [2.45, 2.75) is 46.1 Å². The molecule has 0 aliphatic rings. The highest BCUT2D eigenvalue weighted by atomic mass is 32.2. The van der Waals surface area contributed by atoms with Crippen molar-refractivity contribution in [1.29, 1.82) is 0 Å². The third kappa shape index (κ3) is 5.60. The van der Waals surface area contributed by atoms with Gasteiger partial charge in [0.25, 0.3) is 9.84 Å². The molecule has 0 spiro atoms. The van der Waals surface area contributed by atoms with E-state index in [1.54, 1.807) is 13.8 Å². The molecule has 0 aromatic carbocycles. The summed E-state index contributed by atoms with van der Waals surface area (Å²) in [5.74, 6) is -1.33. The van der Waals surface area contributed by atoms with Gasteiger partial charge in [-0.05, 0) is 20.3 Å². The summed E-state index contributed by atoms with van der Waals surface area (Å²) < 4.78 is 28.0. The van der Waals surface area contributed by atoms with Gasteiger partial charge in [0.15, 0.2) is 0 Å². The third-order valence-corrected chi connectivity index (χ3v) is 3.58. The number of rotatable bonds is 5. The van der Waals surface area contributed by atoms with Crippen molar-refractivity contribution in [2.24, 2.45) is 0 Å². The van der Waals surface area contributed by atoms with E-state index in [1.807, 2.05) is 6.92 Å². The number of hydrogen-bond donors (Lipinski definition) is 0. The van der Waals surface area contributed by atoms with Gasteiger partial charge in [-0.15, -0.1) is 4.79 Å². The zero-order valence-corrected chi connectivity index (χ0v) is 11.2. The van der Waals surface area contributed by atoms with E-state index in [0.717, 1.165) is 12.8 Å². The predicted octanol–water partition coefficient (Wildman–Crippen LogP) is 1.17. The van der Waals surface area contributed by atoms with E-state index in [2.05, 4.69) is 9.53 Å². The van der Waals surface area contributed by atoms with Gasteiger partial charge in [0.1, 0.15) is 0 Å². The number of esters is 1. The van der Waals surface area contributed by atoms with Crippen LogP contribution in [-0.4, -0.2) is 36.1 Å². The molecule has 0 N–H and O–H groups in total. The van der Waals surface area contributed by atoms with Crippen LogP contribution in [-0.2, 0) is 19.4 Å². The molecule has 0 rings (SSSR count). The van der Waals surface area contributed by atoms with Gasteiger partial charge in [-0.25, -0.2) is 13.2 Å². The SMILES string of the molecule is CCCCCS(=O)(=O)C(=[N+]=[N-])C(=O)OC(C)C.